The molecule has 102 valence electrons. The first kappa shape index (κ1) is 14.8. The van der Waals surface area contributed by atoms with E-state index in [-0.39, 0.29) is 0 Å². The van der Waals surface area contributed by atoms with Crippen molar-refractivity contribution < 1.29 is 4.42 Å². The Labute approximate surface area is 134 Å². The predicted octanol–water partition coefficient (Wildman–Crippen LogP) is 4.66. The van der Waals surface area contributed by atoms with Gasteiger partial charge in [-0.05, 0) is 57.4 Å². The van der Waals surface area contributed by atoms with E-state index >= 15 is 0 Å². The summed E-state index contributed by atoms with van der Waals surface area (Å²) in [6.07, 6.45) is 1.63. The van der Waals surface area contributed by atoms with E-state index in [1.165, 1.54) is 0 Å². The fourth-order valence-electron chi connectivity index (χ4n) is 1.69. The second-order valence-corrected chi connectivity index (χ2v) is 6.31. The molecular weight excluding hydrogens is 421 g/mol. The highest BCUT2D eigenvalue weighted by molar-refractivity contribution is 14.1. The molecule has 0 atom stereocenters. The Bertz CT molecular complexity index is 583. The van der Waals surface area contributed by atoms with Gasteiger partial charge in [-0.2, -0.15) is 0 Å². The van der Waals surface area contributed by atoms with E-state index < -0.39 is 0 Å². The normalized spacial score (nSPS) is 11.1. The van der Waals surface area contributed by atoms with Gasteiger partial charge in [-0.3, -0.25) is 0 Å². The van der Waals surface area contributed by atoms with E-state index in [2.05, 4.69) is 74.6 Å². The molecule has 0 saturated heterocycles. The van der Waals surface area contributed by atoms with Crippen LogP contribution in [-0.2, 0) is 0 Å². The summed E-state index contributed by atoms with van der Waals surface area (Å²) in [5.41, 5.74) is 1.03. The van der Waals surface area contributed by atoms with Crippen molar-refractivity contribution in [2.24, 2.45) is 0 Å². The summed E-state index contributed by atoms with van der Waals surface area (Å²) in [4.78, 5) is 9.19. The maximum atomic E-state index is 5.46. The van der Waals surface area contributed by atoms with E-state index in [4.69, 9.17) is 4.42 Å². The van der Waals surface area contributed by atoms with Crippen LogP contribution in [0.5, 0.6) is 0 Å². The molecule has 0 aliphatic rings. The first-order valence-electron chi connectivity index (χ1n) is 6.09. The molecule has 4 nitrogen and oxygen atoms in total. The van der Waals surface area contributed by atoms with Crippen LogP contribution in [0.15, 0.2) is 21.2 Å². The molecule has 6 heteroatoms. The van der Waals surface area contributed by atoms with Crippen LogP contribution in [0.1, 0.15) is 32.4 Å². The topological polar surface area (TPSA) is 51.0 Å². The number of rotatable bonds is 4. The average molecular weight is 436 g/mol. The number of nitrogens with one attached hydrogen (secondary N) is 1. The lowest BCUT2D eigenvalue weighted by molar-refractivity contribution is 0.575. The monoisotopic (exact) mass is 435 g/mol. The Morgan fingerprint density at radius 1 is 1.42 bits per heavy atom. The highest BCUT2D eigenvalue weighted by Crippen LogP contribution is 2.31. The molecule has 0 aliphatic heterocycles. The van der Waals surface area contributed by atoms with Crippen molar-refractivity contribution in [3.05, 3.63) is 26.1 Å². The van der Waals surface area contributed by atoms with Crippen molar-refractivity contribution in [2.45, 2.75) is 26.7 Å². The number of halogens is 2. The molecule has 0 unspecified atom stereocenters. The lowest BCUT2D eigenvalue weighted by Crippen LogP contribution is -2.09. The first-order chi connectivity index (χ1) is 9.04. The summed E-state index contributed by atoms with van der Waals surface area (Å²) in [7, 11) is 0. The smallest absolute Gasteiger partial charge is 0.199 e. The van der Waals surface area contributed by atoms with Crippen LogP contribution in [0.4, 0.5) is 5.82 Å². The third kappa shape index (κ3) is 3.10. The van der Waals surface area contributed by atoms with Gasteiger partial charge in [0, 0.05) is 6.54 Å². The summed E-state index contributed by atoms with van der Waals surface area (Å²) in [5, 5.41) is 3.28. The largest absolute Gasteiger partial charge is 0.460 e. The highest BCUT2D eigenvalue weighted by atomic mass is 127. The summed E-state index contributed by atoms with van der Waals surface area (Å²) >= 11 is 5.74. The molecule has 0 saturated carbocycles. The third-order valence-electron chi connectivity index (χ3n) is 2.59. The van der Waals surface area contributed by atoms with Gasteiger partial charge in [-0.1, -0.05) is 13.8 Å². The molecule has 0 bridgehead atoms. The van der Waals surface area contributed by atoms with Gasteiger partial charge < -0.3 is 9.73 Å². The van der Waals surface area contributed by atoms with Crippen molar-refractivity contribution in [3.8, 4) is 11.6 Å². The van der Waals surface area contributed by atoms with Crippen LogP contribution in [0, 0.1) is 3.57 Å². The minimum absolute atomic E-state index is 0.333. The Hall–Kier alpha value is -0.630. The van der Waals surface area contributed by atoms with Crippen molar-refractivity contribution in [1.82, 2.24) is 9.97 Å². The Kier molecular flexibility index (Phi) is 4.83. The minimum atomic E-state index is 0.333. The average Bonchev–Trinajstić information content (AvgIpc) is 2.78. The molecule has 0 spiro atoms. The van der Waals surface area contributed by atoms with Gasteiger partial charge in [0.25, 0.3) is 0 Å². The van der Waals surface area contributed by atoms with Crippen LogP contribution in [0.2, 0.25) is 0 Å². The fraction of sp³-hybridized carbons (Fsp3) is 0.385. The van der Waals surface area contributed by atoms with Gasteiger partial charge in [0.1, 0.15) is 5.82 Å². The van der Waals surface area contributed by atoms with E-state index in [1.54, 1.807) is 6.26 Å². The van der Waals surface area contributed by atoms with Crippen LogP contribution < -0.4 is 5.32 Å². The lowest BCUT2D eigenvalue weighted by Gasteiger charge is -2.13. The molecule has 0 fully saturated rings. The lowest BCUT2D eigenvalue weighted by atomic mass is 10.1. The van der Waals surface area contributed by atoms with Gasteiger partial charge in [0.2, 0.25) is 0 Å². The van der Waals surface area contributed by atoms with Gasteiger partial charge in [-0.15, -0.1) is 0 Å². The number of furan rings is 1. The van der Waals surface area contributed by atoms with Crippen LogP contribution in [0.3, 0.4) is 0 Å². The molecule has 2 heterocycles. The number of nitrogens with zero attached hydrogens (tertiary/aromatic N) is 2. The summed E-state index contributed by atoms with van der Waals surface area (Å²) in [5.74, 6) is 2.47. The third-order valence-corrected chi connectivity index (χ3v) is 4.28. The number of hydrogen-bond donors (Lipinski definition) is 1. The summed E-state index contributed by atoms with van der Waals surface area (Å²) in [6, 6.07) is 1.85. The zero-order valence-corrected chi connectivity index (χ0v) is 14.7. The van der Waals surface area contributed by atoms with Gasteiger partial charge in [0.15, 0.2) is 11.6 Å². The van der Waals surface area contributed by atoms with E-state index in [1.807, 2.05) is 6.07 Å². The van der Waals surface area contributed by atoms with Crippen LogP contribution >= 0.6 is 38.5 Å². The molecule has 1 N–H and O–H groups in total. The molecule has 2 rings (SSSR count). The van der Waals surface area contributed by atoms with Gasteiger partial charge >= 0.3 is 0 Å². The standard InChI is InChI=1S/C13H15BrIN3O/c1-4-16-12-9(15)10(7(2)3)17-13(18-12)11-8(14)5-6-19-11/h5-7H,4H2,1-3H3,(H,16,17,18). The predicted molar refractivity (Wildman–Crippen MR) is 88.4 cm³/mol. The number of hydrogen-bond acceptors (Lipinski definition) is 4. The van der Waals surface area contributed by atoms with E-state index in [0.717, 1.165) is 26.1 Å². The molecule has 2 aromatic heterocycles. The molecule has 0 aromatic carbocycles. The number of anilines is 1. The van der Waals surface area contributed by atoms with Gasteiger partial charge in [0.05, 0.1) is 20.0 Å². The fourth-order valence-corrected chi connectivity index (χ4v) is 3.12. The minimum Gasteiger partial charge on any atom is -0.460 e. The maximum absolute atomic E-state index is 5.46. The maximum Gasteiger partial charge on any atom is 0.199 e. The molecular formula is C13H15BrIN3O. The molecule has 2 aromatic rings. The SMILES string of the molecule is CCNc1nc(-c2occc2Br)nc(C(C)C)c1I. The Balaban J connectivity index is 2.59. The van der Waals surface area contributed by atoms with E-state index in [0.29, 0.717) is 17.5 Å². The highest BCUT2D eigenvalue weighted by Gasteiger charge is 2.18. The van der Waals surface area contributed by atoms with E-state index in [9.17, 15) is 0 Å². The molecule has 0 radical (unpaired) electrons. The molecule has 19 heavy (non-hydrogen) atoms. The quantitative estimate of drug-likeness (QED) is 0.709. The zero-order chi connectivity index (χ0) is 14.0. The van der Waals surface area contributed by atoms with Crippen molar-refractivity contribution >= 4 is 44.3 Å². The summed E-state index contributed by atoms with van der Waals surface area (Å²) < 4.78 is 7.39. The first-order valence-corrected chi connectivity index (χ1v) is 7.96. The van der Waals surface area contributed by atoms with Crippen molar-refractivity contribution in [3.63, 3.8) is 0 Å². The van der Waals surface area contributed by atoms with Crippen LogP contribution in [0.25, 0.3) is 11.6 Å². The second-order valence-electron chi connectivity index (χ2n) is 4.38. The van der Waals surface area contributed by atoms with Crippen LogP contribution in [-0.4, -0.2) is 16.5 Å². The summed E-state index contributed by atoms with van der Waals surface area (Å²) in [6.45, 7) is 7.13. The van der Waals surface area contributed by atoms with Crippen molar-refractivity contribution in [1.29, 1.82) is 0 Å². The Morgan fingerprint density at radius 3 is 2.68 bits per heavy atom. The van der Waals surface area contributed by atoms with Gasteiger partial charge in [-0.25, -0.2) is 9.97 Å². The second kappa shape index (κ2) is 6.21. The number of aromatic nitrogens is 2. The molecule has 0 aliphatic carbocycles. The molecule has 0 amide bonds. The van der Waals surface area contributed by atoms with Crippen molar-refractivity contribution in [2.75, 3.05) is 11.9 Å². The Morgan fingerprint density at radius 2 is 2.16 bits per heavy atom. The zero-order valence-electron chi connectivity index (χ0n) is 11.0.